The summed E-state index contributed by atoms with van der Waals surface area (Å²) in [6.45, 7) is 3.28. The number of nitrogens with one attached hydrogen (secondary N) is 2. The first-order chi connectivity index (χ1) is 14.0. The van der Waals surface area contributed by atoms with Crippen LogP contribution in [-0.2, 0) is 6.54 Å². The third-order valence-electron chi connectivity index (χ3n) is 5.48. The molecular weight excluding hydrogens is 370 g/mol. The molecule has 1 saturated carbocycles. The van der Waals surface area contributed by atoms with Crippen LogP contribution < -0.4 is 10.5 Å². The van der Waals surface area contributed by atoms with E-state index < -0.39 is 5.97 Å². The number of fused-ring (bicyclic) bond motifs is 1. The second kappa shape index (κ2) is 8.06. The van der Waals surface area contributed by atoms with Gasteiger partial charge in [0.1, 0.15) is 5.82 Å². The van der Waals surface area contributed by atoms with E-state index in [0.717, 1.165) is 30.7 Å². The normalized spacial score (nSPS) is 14.5. The summed E-state index contributed by atoms with van der Waals surface area (Å²) in [6, 6.07) is 6.75. The van der Waals surface area contributed by atoms with Crippen LogP contribution in [0.3, 0.4) is 0 Å². The second-order valence-electron chi connectivity index (χ2n) is 7.62. The molecule has 0 radical (unpaired) electrons. The quantitative estimate of drug-likeness (QED) is 0.565. The number of hydrogen-bond donors (Lipinski definition) is 3. The fraction of sp³-hybridized carbons (Fsp3) is 0.429. The van der Waals surface area contributed by atoms with E-state index >= 15 is 0 Å². The number of aromatic carboxylic acids is 1. The lowest BCUT2D eigenvalue weighted by Gasteiger charge is -2.22. The Balaban J connectivity index is 1.63. The van der Waals surface area contributed by atoms with Crippen LogP contribution in [0.25, 0.3) is 11.2 Å². The molecule has 8 nitrogen and oxygen atoms in total. The smallest absolute Gasteiger partial charge is 0.335 e. The first-order valence-electron chi connectivity index (χ1n) is 10.1. The Hall–Kier alpha value is -3.16. The summed E-state index contributed by atoms with van der Waals surface area (Å²) in [5.74, 6) is 0.775. The van der Waals surface area contributed by atoms with Gasteiger partial charge in [-0.15, -0.1) is 0 Å². The third-order valence-corrected chi connectivity index (χ3v) is 5.48. The van der Waals surface area contributed by atoms with Crippen LogP contribution in [0.15, 0.2) is 29.1 Å². The van der Waals surface area contributed by atoms with Crippen molar-refractivity contribution in [2.24, 2.45) is 0 Å². The molecule has 2 heterocycles. The molecule has 0 unspecified atom stereocenters. The van der Waals surface area contributed by atoms with Gasteiger partial charge in [-0.3, -0.25) is 9.78 Å². The molecule has 152 valence electrons. The SMILES string of the molecule is CCCN(Cc1ccc(C(=O)O)cc1)c1nc2nc(C3CCCC3)[nH]c2c(=O)[nH]1. The maximum absolute atomic E-state index is 12.6. The fourth-order valence-corrected chi connectivity index (χ4v) is 3.96. The molecular formula is C21H25N5O3. The average molecular weight is 395 g/mol. The van der Waals surface area contributed by atoms with Gasteiger partial charge in [0.15, 0.2) is 11.2 Å². The number of aromatic amines is 2. The lowest BCUT2D eigenvalue weighted by Crippen LogP contribution is -2.28. The minimum atomic E-state index is -0.949. The molecule has 3 aromatic rings. The minimum Gasteiger partial charge on any atom is -0.478 e. The summed E-state index contributed by atoms with van der Waals surface area (Å²) in [7, 11) is 0. The predicted octanol–water partition coefficient (Wildman–Crippen LogP) is 3.42. The van der Waals surface area contributed by atoms with E-state index in [1.54, 1.807) is 24.3 Å². The standard InChI is InChI=1S/C21H25N5O3/c1-2-11-26(12-13-7-9-15(10-8-13)20(28)29)21-24-18-16(19(27)25-21)22-17(23-18)14-5-3-4-6-14/h7-10,14H,2-6,11-12H2,1H3,(H,28,29)(H2,22,23,24,25,27). The number of imidazole rings is 1. The zero-order valence-electron chi connectivity index (χ0n) is 16.4. The van der Waals surface area contributed by atoms with Crippen molar-refractivity contribution in [3.05, 3.63) is 51.6 Å². The summed E-state index contributed by atoms with van der Waals surface area (Å²) in [5.41, 5.74) is 1.86. The van der Waals surface area contributed by atoms with Gasteiger partial charge in [-0.25, -0.2) is 9.78 Å². The Morgan fingerprint density at radius 2 is 1.90 bits per heavy atom. The molecule has 4 rings (SSSR count). The van der Waals surface area contributed by atoms with Gasteiger partial charge in [-0.05, 0) is 37.0 Å². The molecule has 0 spiro atoms. The molecule has 0 aliphatic heterocycles. The van der Waals surface area contributed by atoms with E-state index in [4.69, 9.17) is 5.11 Å². The van der Waals surface area contributed by atoms with Gasteiger partial charge in [0, 0.05) is 19.0 Å². The summed E-state index contributed by atoms with van der Waals surface area (Å²) in [6.07, 6.45) is 5.46. The Morgan fingerprint density at radius 3 is 2.55 bits per heavy atom. The molecule has 3 N–H and O–H groups in total. The highest BCUT2D eigenvalue weighted by molar-refractivity contribution is 5.87. The number of hydrogen-bond acceptors (Lipinski definition) is 5. The number of carboxylic acid groups (broad SMARTS) is 1. The number of aromatic nitrogens is 4. The van der Waals surface area contributed by atoms with Crippen molar-refractivity contribution in [1.82, 2.24) is 19.9 Å². The van der Waals surface area contributed by atoms with E-state index in [0.29, 0.717) is 36.1 Å². The molecule has 1 aromatic carbocycles. The van der Waals surface area contributed by atoms with Gasteiger partial charge in [-0.2, -0.15) is 4.98 Å². The van der Waals surface area contributed by atoms with Crippen LogP contribution in [0.4, 0.5) is 5.95 Å². The van der Waals surface area contributed by atoms with Crippen LogP contribution in [0.2, 0.25) is 0 Å². The van der Waals surface area contributed by atoms with Crippen molar-refractivity contribution in [3.63, 3.8) is 0 Å². The summed E-state index contributed by atoms with van der Waals surface area (Å²) >= 11 is 0. The Bertz CT molecular complexity index is 1060. The Morgan fingerprint density at radius 1 is 1.17 bits per heavy atom. The van der Waals surface area contributed by atoms with E-state index in [1.165, 1.54) is 12.8 Å². The average Bonchev–Trinajstić information content (AvgIpc) is 3.38. The summed E-state index contributed by atoms with van der Waals surface area (Å²) in [4.78, 5) is 41.0. The number of carboxylic acids is 1. The van der Waals surface area contributed by atoms with Gasteiger partial charge in [0.25, 0.3) is 5.56 Å². The largest absolute Gasteiger partial charge is 0.478 e. The van der Waals surface area contributed by atoms with Gasteiger partial charge in [0.05, 0.1) is 5.56 Å². The fourth-order valence-electron chi connectivity index (χ4n) is 3.96. The monoisotopic (exact) mass is 395 g/mol. The van der Waals surface area contributed by atoms with Gasteiger partial charge < -0.3 is 15.0 Å². The van der Waals surface area contributed by atoms with E-state index in [2.05, 4.69) is 26.9 Å². The maximum atomic E-state index is 12.6. The van der Waals surface area contributed by atoms with Crippen LogP contribution in [0, 0.1) is 0 Å². The topological polar surface area (TPSA) is 115 Å². The van der Waals surface area contributed by atoms with Crippen molar-refractivity contribution in [2.75, 3.05) is 11.4 Å². The minimum absolute atomic E-state index is 0.218. The van der Waals surface area contributed by atoms with E-state index in [1.807, 2.05) is 4.90 Å². The van der Waals surface area contributed by atoms with E-state index in [-0.39, 0.29) is 11.1 Å². The van der Waals surface area contributed by atoms with E-state index in [9.17, 15) is 9.59 Å². The first kappa shape index (κ1) is 19.2. The molecule has 1 aliphatic carbocycles. The Labute approximate surface area is 168 Å². The lowest BCUT2D eigenvalue weighted by atomic mass is 10.1. The maximum Gasteiger partial charge on any atom is 0.335 e. The molecule has 1 aliphatic rings. The molecule has 0 saturated heterocycles. The van der Waals surface area contributed by atoms with Crippen LogP contribution in [0.1, 0.15) is 66.7 Å². The number of H-pyrrole nitrogens is 2. The highest BCUT2D eigenvalue weighted by atomic mass is 16.4. The first-order valence-corrected chi connectivity index (χ1v) is 10.1. The highest BCUT2D eigenvalue weighted by Gasteiger charge is 2.22. The summed E-state index contributed by atoms with van der Waals surface area (Å²) in [5, 5.41) is 9.06. The van der Waals surface area contributed by atoms with Gasteiger partial charge >= 0.3 is 5.97 Å². The number of nitrogens with zero attached hydrogens (tertiary/aromatic N) is 3. The molecule has 2 aromatic heterocycles. The molecule has 1 fully saturated rings. The molecule has 29 heavy (non-hydrogen) atoms. The summed E-state index contributed by atoms with van der Waals surface area (Å²) < 4.78 is 0. The molecule has 0 bridgehead atoms. The Kier molecular flexibility index (Phi) is 5.33. The van der Waals surface area contributed by atoms with Crippen LogP contribution in [-0.4, -0.2) is 37.6 Å². The van der Waals surface area contributed by atoms with Gasteiger partial charge in [0.2, 0.25) is 5.95 Å². The molecule has 0 atom stereocenters. The number of anilines is 1. The number of benzene rings is 1. The zero-order chi connectivity index (χ0) is 20.4. The van der Waals surface area contributed by atoms with Crippen molar-refractivity contribution in [2.45, 2.75) is 51.5 Å². The lowest BCUT2D eigenvalue weighted by molar-refractivity contribution is 0.0697. The van der Waals surface area contributed by atoms with Crippen molar-refractivity contribution in [1.29, 1.82) is 0 Å². The van der Waals surface area contributed by atoms with Crippen molar-refractivity contribution >= 4 is 23.1 Å². The van der Waals surface area contributed by atoms with Crippen LogP contribution >= 0.6 is 0 Å². The number of carbonyl (C=O) groups is 1. The zero-order valence-corrected chi connectivity index (χ0v) is 16.4. The molecule has 8 heteroatoms. The second-order valence-corrected chi connectivity index (χ2v) is 7.62. The molecule has 0 amide bonds. The van der Waals surface area contributed by atoms with Crippen LogP contribution in [0.5, 0.6) is 0 Å². The van der Waals surface area contributed by atoms with Crippen molar-refractivity contribution < 1.29 is 9.90 Å². The highest BCUT2D eigenvalue weighted by Crippen LogP contribution is 2.32. The predicted molar refractivity (Wildman–Crippen MR) is 110 cm³/mol. The third kappa shape index (κ3) is 4.01. The van der Waals surface area contributed by atoms with Gasteiger partial charge in [-0.1, -0.05) is 31.9 Å². The number of rotatable bonds is 7. The van der Waals surface area contributed by atoms with Crippen molar-refractivity contribution in [3.8, 4) is 0 Å².